The zero-order valence-corrected chi connectivity index (χ0v) is 10.4. The molecule has 0 saturated carbocycles. The molecule has 1 aromatic heterocycles. The van der Waals surface area contributed by atoms with Crippen molar-refractivity contribution in [2.24, 2.45) is 0 Å². The second-order valence-electron chi connectivity index (χ2n) is 4.37. The molecule has 2 N–H and O–H groups in total. The Hall–Kier alpha value is -2.41. The first kappa shape index (κ1) is 12.1. The first-order chi connectivity index (χ1) is 8.58. The number of nitrogens with zero attached hydrogens (tertiary/aromatic N) is 3. The lowest BCUT2D eigenvalue weighted by Crippen LogP contribution is -2.03. The van der Waals surface area contributed by atoms with Gasteiger partial charge in [0.15, 0.2) is 0 Å². The number of hydrogen-bond donors (Lipinski definition) is 1. The van der Waals surface area contributed by atoms with Crippen molar-refractivity contribution in [1.82, 2.24) is 9.97 Å². The maximum Gasteiger partial charge on any atom is 0.145 e. The van der Waals surface area contributed by atoms with Crippen LogP contribution in [0, 0.1) is 25.2 Å². The van der Waals surface area contributed by atoms with E-state index in [0.29, 0.717) is 17.8 Å². The summed E-state index contributed by atoms with van der Waals surface area (Å²) >= 11 is 0. The lowest BCUT2D eigenvalue weighted by Gasteiger charge is -2.05. The van der Waals surface area contributed by atoms with Crippen LogP contribution in [0.1, 0.15) is 28.1 Å². The van der Waals surface area contributed by atoms with Gasteiger partial charge in [0.05, 0.1) is 6.20 Å². The molecule has 0 radical (unpaired) electrons. The Morgan fingerprint density at radius 3 is 2.44 bits per heavy atom. The molecule has 0 aliphatic rings. The van der Waals surface area contributed by atoms with Gasteiger partial charge in [-0.25, -0.2) is 9.97 Å². The Balaban J connectivity index is 2.29. The van der Waals surface area contributed by atoms with Crippen LogP contribution < -0.4 is 5.73 Å². The van der Waals surface area contributed by atoms with E-state index in [0.717, 1.165) is 5.56 Å². The number of anilines is 1. The number of rotatable bonds is 2. The molecular weight excluding hydrogens is 224 g/mol. The van der Waals surface area contributed by atoms with Gasteiger partial charge in [-0.05, 0) is 19.4 Å². The van der Waals surface area contributed by atoms with Crippen molar-refractivity contribution >= 4 is 5.82 Å². The van der Waals surface area contributed by atoms with Crippen LogP contribution in [0.25, 0.3) is 0 Å². The Bertz CT molecular complexity index is 606. The molecule has 1 heterocycles. The fraction of sp³-hybridized carbons (Fsp3) is 0.214. The second kappa shape index (κ2) is 4.84. The van der Waals surface area contributed by atoms with Crippen LogP contribution in [0.5, 0.6) is 0 Å². The van der Waals surface area contributed by atoms with E-state index in [2.05, 4.69) is 42.0 Å². The molecule has 2 rings (SSSR count). The van der Waals surface area contributed by atoms with Crippen LogP contribution in [0.2, 0.25) is 0 Å². The highest BCUT2D eigenvalue weighted by atomic mass is 14.9. The third-order valence-electron chi connectivity index (χ3n) is 2.63. The van der Waals surface area contributed by atoms with Gasteiger partial charge in [0.2, 0.25) is 0 Å². The molecule has 0 unspecified atom stereocenters. The number of aromatic nitrogens is 2. The maximum atomic E-state index is 8.76. The predicted octanol–water partition coefficient (Wildman–Crippen LogP) is 2.14. The minimum Gasteiger partial charge on any atom is -0.382 e. The molecule has 0 spiro atoms. The minimum atomic E-state index is 0.242. The summed E-state index contributed by atoms with van der Waals surface area (Å²) in [6.45, 7) is 4.12. The third kappa shape index (κ3) is 2.64. The Labute approximate surface area is 106 Å². The van der Waals surface area contributed by atoms with E-state index >= 15 is 0 Å². The van der Waals surface area contributed by atoms with Crippen molar-refractivity contribution in [3.8, 4) is 6.07 Å². The van der Waals surface area contributed by atoms with Crippen LogP contribution in [0.4, 0.5) is 5.82 Å². The van der Waals surface area contributed by atoms with Crippen molar-refractivity contribution in [2.75, 3.05) is 5.73 Å². The average molecular weight is 238 g/mol. The number of hydrogen-bond acceptors (Lipinski definition) is 4. The van der Waals surface area contributed by atoms with Gasteiger partial charge in [0.25, 0.3) is 0 Å². The van der Waals surface area contributed by atoms with E-state index in [4.69, 9.17) is 11.0 Å². The van der Waals surface area contributed by atoms with Gasteiger partial charge in [0, 0.05) is 6.42 Å². The zero-order chi connectivity index (χ0) is 13.1. The first-order valence-corrected chi connectivity index (χ1v) is 5.67. The predicted molar refractivity (Wildman–Crippen MR) is 69.9 cm³/mol. The van der Waals surface area contributed by atoms with Gasteiger partial charge < -0.3 is 5.73 Å². The Morgan fingerprint density at radius 2 is 1.89 bits per heavy atom. The Morgan fingerprint density at radius 1 is 1.22 bits per heavy atom. The third-order valence-corrected chi connectivity index (χ3v) is 2.63. The average Bonchev–Trinajstić information content (AvgIpc) is 2.27. The Kier molecular flexibility index (Phi) is 3.24. The van der Waals surface area contributed by atoms with Gasteiger partial charge in [-0.3, -0.25) is 0 Å². The minimum absolute atomic E-state index is 0.242. The van der Waals surface area contributed by atoms with Gasteiger partial charge >= 0.3 is 0 Å². The largest absolute Gasteiger partial charge is 0.382 e. The van der Waals surface area contributed by atoms with E-state index in [1.165, 1.54) is 17.3 Å². The van der Waals surface area contributed by atoms with Crippen molar-refractivity contribution in [3.63, 3.8) is 0 Å². The second-order valence-corrected chi connectivity index (χ2v) is 4.37. The first-order valence-electron chi connectivity index (χ1n) is 5.67. The molecule has 2 aromatic rings. The van der Waals surface area contributed by atoms with Crippen LogP contribution in [-0.4, -0.2) is 9.97 Å². The monoisotopic (exact) mass is 238 g/mol. The lowest BCUT2D eigenvalue weighted by atomic mass is 10.0. The fourth-order valence-corrected chi connectivity index (χ4v) is 1.96. The summed E-state index contributed by atoms with van der Waals surface area (Å²) in [5.74, 6) is 0.878. The van der Waals surface area contributed by atoms with E-state index < -0.39 is 0 Å². The summed E-state index contributed by atoms with van der Waals surface area (Å²) in [4.78, 5) is 8.29. The van der Waals surface area contributed by atoms with E-state index in [1.54, 1.807) is 0 Å². The molecule has 4 heteroatoms. The molecule has 0 atom stereocenters. The standard InChI is InChI=1S/C14H14N4/c1-9-3-10(2)5-11(4-9)6-13-17-8-12(7-15)14(16)18-13/h3-5,8H,6H2,1-2H3,(H2,16,17,18). The van der Waals surface area contributed by atoms with Crippen LogP contribution >= 0.6 is 0 Å². The molecule has 90 valence electrons. The summed E-state index contributed by atoms with van der Waals surface area (Å²) in [6.07, 6.45) is 2.10. The molecule has 0 saturated heterocycles. The van der Waals surface area contributed by atoms with Crippen LogP contribution in [0.15, 0.2) is 24.4 Å². The molecule has 0 bridgehead atoms. The normalized spacial score (nSPS) is 10.1. The molecule has 1 aromatic carbocycles. The highest BCUT2D eigenvalue weighted by Crippen LogP contribution is 2.13. The molecule has 0 amide bonds. The highest BCUT2D eigenvalue weighted by molar-refractivity contribution is 5.46. The van der Waals surface area contributed by atoms with Crippen molar-refractivity contribution in [3.05, 3.63) is 52.5 Å². The number of nitrogen functional groups attached to an aromatic ring is 1. The quantitative estimate of drug-likeness (QED) is 0.869. The molecular formula is C14H14N4. The summed E-state index contributed by atoms with van der Waals surface area (Å²) in [6, 6.07) is 8.28. The smallest absolute Gasteiger partial charge is 0.145 e. The summed E-state index contributed by atoms with van der Waals surface area (Å²) in [5, 5.41) is 8.76. The molecule has 4 nitrogen and oxygen atoms in total. The lowest BCUT2D eigenvalue weighted by molar-refractivity contribution is 0.967. The number of benzene rings is 1. The fourth-order valence-electron chi connectivity index (χ4n) is 1.96. The maximum absolute atomic E-state index is 8.76. The van der Waals surface area contributed by atoms with E-state index in [-0.39, 0.29) is 5.82 Å². The van der Waals surface area contributed by atoms with Gasteiger partial charge in [-0.2, -0.15) is 5.26 Å². The number of nitriles is 1. The van der Waals surface area contributed by atoms with Gasteiger partial charge in [-0.1, -0.05) is 29.3 Å². The van der Waals surface area contributed by atoms with Gasteiger partial charge in [0.1, 0.15) is 23.3 Å². The summed E-state index contributed by atoms with van der Waals surface area (Å²) < 4.78 is 0. The van der Waals surface area contributed by atoms with E-state index in [9.17, 15) is 0 Å². The summed E-state index contributed by atoms with van der Waals surface area (Å²) in [5.41, 5.74) is 9.57. The molecule has 0 aliphatic heterocycles. The number of nitrogens with two attached hydrogens (primary N) is 1. The molecule has 18 heavy (non-hydrogen) atoms. The van der Waals surface area contributed by atoms with Crippen LogP contribution in [0.3, 0.4) is 0 Å². The molecule has 0 fully saturated rings. The topological polar surface area (TPSA) is 75.6 Å². The van der Waals surface area contributed by atoms with Gasteiger partial charge in [-0.15, -0.1) is 0 Å². The van der Waals surface area contributed by atoms with Crippen molar-refractivity contribution < 1.29 is 0 Å². The van der Waals surface area contributed by atoms with Crippen molar-refractivity contribution in [1.29, 1.82) is 5.26 Å². The van der Waals surface area contributed by atoms with Crippen molar-refractivity contribution in [2.45, 2.75) is 20.3 Å². The van der Waals surface area contributed by atoms with E-state index in [1.807, 2.05) is 6.07 Å². The SMILES string of the molecule is Cc1cc(C)cc(Cc2ncc(C#N)c(N)n2)c1. The van der Waals surface area contributed by atoms with Crippen LogP contribution in [-0.2, 0) is 6.42 Å². The molecule has 0 aliphatic carbocycles. The number of aryl methyl sites for hydroxylation is 2. The summed E-state index contributed by atoms with van der Waals surface area (Å²) in [7, 11) is 0. The highest BCUT2D eigenvalue weighted by Gasteiger charge is 2.05. The zero-order valence-electron chi connectivity index (χ0n) is 10.4.